The molecule has 7 heteroatoms. The Morgan fingerprint density at radius 1 is 1.08 bits per heavy atom. The van der Waals surface area contributed by atoms with Gasteiger partial charge in [0, 0.05) is 23.9 Å². The molecule has 1 aliphatic carbocycles. The number of fused-ring (bicyclic) bond motifs is 1. The molecule has 1 aliphatic rings. The van der Waals surface area contributed by atoms with Gasteiger partial charge in [-0.2, -0.15) is 5.26 Å². The number of rotatable bonds is 10. The van der Waals surface area contributed by atoms with Gasteiger partial charge in [0.15, 0.2) is 0 Å². The number of hydrogen-bond acceptors (Lipinski definition) is 6. The van der Waals surface area contributed by atoms with Crippen molar-refractivity contribution in [2.45, 2.75) is 70.9 Å². The predicted octanol–water partition coefficient (Wildman–Crippen LogP) is 6.78. The van der Waals surface area contributed by atoms with Crippen LogP contribution in [0, 0.1) is 11.3 Å². The van der Waals surface area contributed by atoms with Crippen molar-refractivity contribution >= 4 is 23.0 Å². The maximum Gasteiger partial charge on any atom is 0.508 e. The van der Waals surface area contributed by atoms with Gasteiger partial charge in [-0.05, 0) is 68.9 Å². The van der Waals surface area contributed by atoms with Gasteiger partial charge in [0.2, 0.25) is 5.91 Å². The van der Waals surface area contributed by atoms with E-state index in [9.17, 15) is 14.9 Å². The van der Waals surface area contributed by atoms with Crippen LogP contribution in [-0.2, 0) is 20.8 Å². The molecule has 2 aromatic carbocycles. The fourth-order valence-corrected chi connectivity index (χ4v) is 5.15. The molecule has 0 aliphatic heterocycles. The number of ether oxygens (including phenoxy) is 2. The van der Waals surface area contributed by atoms with Gasteiger partial charge in [0.25, 0.3) is 0 Å². The minimum Gasteiger partial charge on any atom is -0.435 e. The highest BCUT2D eigenvalue weighted by Crippen LogP contribution is 2.35. The van der Waals surface area contributed by atoms with E-state index >= 15 is 0 Å². The zero-order chi connectivity index (χ0) is 27.0. The van der Waals surface area contributed by atoms with Crippen LogP contribution in [0.2, 0.25) is 0 Å². The molecule has 0 bridgehead atoms. The Balaban J connectivity index is 1.58. The number of unbranched alkanes of at least 4 members (excludes halogenated alkanes) is 1. The second kappa shape index (κ2) is 12.6. The number of carbonyl (C=O) groups is 2. The maximum absolute atomic E-state index is 13.3. The van der Waals surface area contributed by atoms with Crippen molar-refractivity contribution in [1.29, 1.82) is 5.26 Å². The smallest absolute Gasteiger partial charge is 0.435 e. The second-order valence-electron chi connectivity index (χ2n) is 9.91. The molecule has 0 atom stereocenters. The van der Waals surface area contributed by atoms with E-state index in [1.807, 2.05) is 47.4 Å². The molecule has 0 radical (unpaired) electrons. The Hall–Kier alpha value is -3.92. The molecule has 3 aromatic rings. The second-order valence-corrected chi connectivity index (χ2v) is 9.91. The van der Waals surface area contributed by atoms with Crippen molar-refractivity contribution in [1.82, 2.24) is 9.88 Å². The van der Waals surface area contributed by atoms with Crippen LogP contribution in [0.1, 0.15) is 69.9 Å². The summed E-state index contributed by atoms with van der Waals surface area (Å²) in [5.41, 5.74) is 3.23. The summed E-state index contributed by atoms with van der Waals surface area (Å²) in [6, 6.07) is 19.6. The molecule has 198 valence electrons. The summed E-state index contributed by atoms with van der Waals surface area (Å²) >= 11 is 0. The van der Waals surface area contributed by atoms with Gasteiger partial charge in [0.05, 0.1) is 36.0 Å². The lowest BCUT2D eigenvalue weighted by Crippen LogP contribution is -2.46. The summed E-state index contributed by atoms with van der Waals surface area (Å²) in [6.45, 7) is 4.85. The molecule has 1 saturated carbocycles. The minimum absolute atomic E-state index is 0.0623. The Kier molecular flexibility index (Phi) is 8.96. The number of aromatic nitrogens is 1. The van der Waals surface area contributed by atoms with Crippen LogP contribution in [0.3, 0.4) is 0 Å². The van der Waals surface area contributed by atoms with Crippen LogP contribution in [0.15, 0.2) is 54.6 Å². The highest BCUT2D eigenvalue weighted by molar-refractivity contribution is 5.83. The predicted molar refractivity (Wildman–Crippen MR) is 146 cm³/mol. The van der Waals surface area contributed by atoms with Crippen LogP contribution >= 0.6 is 0 Å². The van der Waals surface area contributed by atoms with E-state index in [1.54, 1.807) is 13.0 Å². The van der Waals surface area contributed by atoms with Crippen LogP contribution in [0.5, 0.6) is 0 Å². The third-order valence-corrected chi connectivity index (χ3v) is 7.10. The van der Waals surface area contributed by atoms with Crippen LogP contribution in [0.4, 0.5) is 4.79 Å². The highest BCUT2D eigenvalue weighted by Gasteiger charge is 2.41. The first kappa shape index (κ1) is 27.1. The van der Waals surface area contributed by atoms with E-state index in [0.29, 0.717) is 25.1 Å². The monoisotopic (exact) mass is 513 g/mol. The van der Waals surface area contributed by atoms with Crippen molar-refractivity contribution < 1.29 is 19.1 Å². The quantitative estimate of drug-likeness (QED) is 0.278. The molecule has 1 aromatic heterocycles. The zero-order valence-corrected chi connectivity index (χ0v) is 22.2. The van der Waals surface area contributed by atoms with Gasteiger partial charge >= 0.3 is 6.16 Å². The number of nitriles is 1. The molecule has 0 unspecified atom stereocenters. The molecule has 38 heavy (non-hydrogen) atoms. The Morgan fingerprint density at radius 2 is 1.87 bits per heavy atom. The number of nitrogens with zero attached hydrogens (tertiary/aromatic N) is 3. The Morgan fingerprint density at radius 3 is 2.61 bits per heavy atom. The summed E-state index contributed by atoms with van der Waals surface area (Å²) in [5.74, 6) is 0.0623. The summed E-state index contributed by atoms with van der Waals surface area (Å²) in [6.07, 6.45) is 4.89. The average Bonchev–Trinajstić information content (AvgIpc) is 3.38. The SMILES string of the molecule is CCCCC(=O)N(Cc1ccc2nc(-c3ccccc3C#N)ccc2c1)CC1(OC(=O)OCC)CCCC1. The maximum atomic E-state index is 13.3. The summed E-state index contributed by atoms with van der Waals surface area (Å²) in [5, 5.41) is 10.4. The molecule has 0 spiro atoms. The third kappa shape index (κ3) is 6.49. The van der Waals surface area contributed by atoms with Crippen LogP contribution in [-0.4, -0.2) is 40.7 Å². The molecular formula is C31H35N3O4. The third-order valence-electron chi connectivity index (χ3n) is 7.10. The molecular weight excluding hydrogens is 478 g/mol. The fraction of sp³-hybridized carbons (Fsp3) is 0.419. The fourth-order valence-electron chi connectivity index (χ4n) is 5.15. The van der Waals surface area contributed by atoms with Crippen molar-refractivity contribution in [3.63, 3.8) is 0 Å². The van der Waals surface area contributed by atoms with E-state index in [-0.39, 0.29) is 12.5 Å². The molecule has 7 nitrogen and oxygen atoms in total. The van der Waals surface area contributed by atoms with Gasteiger partial charge in [0.1, 0.15) is 5.60 Å². The Labute approximate surface area is 224 Å². The Bertz CT molecular complexity index is 1320. The summed E-state index contributed by atoms with van der Waals surface area (Å²) in [4.78, 5) is 32.1. The molecule has 0 N–H and O–H groups in total. The standard InChI is InChI=1S/C31H35N3O4/c1-3-5-12-29(35)34(22-31(17-8-9-18-31)38-30(36)37-4-2)21-23-13-15-27-24(19-23)14-16-28(33-27)26-11-7-6-10-25(26)20-32/h6-7,10-11,13-16,19H,3-5,8-9,12,17-18,21-22H2,1-2H3. The van der Waals surface area contributed by atoms with E-state index < -0.39 is 11.8 Å². The van der Waals surface area contributed by atoms with Crippen molar-refractivity contribution in [2.75, 3.05) is 13.2 Å². The summed E-state index contributed by atoms with van der Waals surface area (Å²) < 4.78 is 10.9. The first-order valence-corrected chi connectivity index (χ1v) is 13.5. The number of amides is 1. The van der Waals surface area contributed by atoms with Crippen LogP contribution in [0.25, 0.3) is 22.2 Å². The minimum atomic E-state index is -0.713. The van der Waals surface area contributed by atoms with E-state index in [4.69, 9.17) is 14.5 Å². The number of benzene rings is 2. The van der Waals surface area contributed by atoms with E-state index in [2.05, 4.69) is 19.1 Å². The summed E-state index contributed by atoms with van der Waals surface area (Å²) in [7, 11) is 0. The lowest BCUT2D eigenvalue weighted by molar-refractivity contribution is -0.136. The van der Waals surface area contributed by atoms with Crippen molar-refractivity contribution in [3.05, 3.63) is 65.7 Å². The first-order valence-electron chi connectivity index (χ1n) is 13.5. The van der Waals surface area contributed by atoms with Gasteiger partial charge in [-0.15, -0.1) is 0 Å². The molecule has 4 rings (SSSR count). The van der Waals surface area contributed by atoms with Gasteiger partial charge in [-0.25, -0.2) is 9.78 Å². The lowest BCUT2D eigenvalue weighted by Gasteiger charge is -2.35. The topological polar surface area (TPSA) is 92.5 Å². The molecule has 1 fully saturated rings. The normalized spacial score (nSPS) is 14.1. The van der Waals surface area contributed by atoms with E-state index in [0.717, 1.165) is 66.2 Å². The average molecular weight is 514 g/mol. The zero-order valence-electron chi connectivity index (χ0n) is 22.2. The number of pyridine rings is 1. The highest BCUT2D eigenvalue weighted by atomic mass is 16.7. The van der Waals surface area contributed by atoms with Gasteiger partial charge < -0.3 is 14.4 Å². The van der Waals surface area contributed by atoms with Gasteiger partial charge in [-0.3, -0.25) is 4.79 Å². The van der Waals surface area contributed by atoms with Gasteiger partial charge in [-0.1, -0.05) is 43.7 Å². The molecule has 1 heterocycles. The largest absolute Gasteiger partial charge is 0.508 e. The van der Waals surface area contributed by atoms with Crippen molar-refractivity contribution in [3.8, 4) is 17.3 Å². The molecule has 0 saturated heterocycles. The van der Waals surface area contributed by atoms with Crippen LogP contribution < -0.4 is 0 Å². The van der Waals surface area contributed by atoms with E-state index in [1.165, 1.54) is 0 Å². The number of carbonyl (C=O) groups excluding carboxylic acids is 2. The molecule has 1 amide bonds. The van der Waals surface area contributed by atoms with Crippen molar-refractivity contribution in [2.24, 2.45) is 0 Å². The first-order chi connectivity index (χ1) is 18.5. The number of hydrogen-bond donors (Lipinski definition) is 0. The lowest BCUT2D eigenvalue weighted by atomic mass is 10.00.